The van der Waals surface area contributed by atoms with Crippen LogP contribution in [0.1, 0.15) is 52.8 Å². The molecule has 1 aliphatic rings. The molecule has 144 valence electrons. The monoisotopic (exact) mass is 374 g/mol. The highest BCUT2D eigenvalue weighted by Gasteiger charge is 2.30. The lowest BCUT2D eigenvalue weighted by Gasteiger charge is -2.32. The van der Waals surface area contributed by atoms with Crippen LogP contribution in [0.5, 0.6) is 5.75 Å². The first kappa shape index (κ1) is 18.9. The van der Waals surface area contributed by atoms with Crippen LogP contribution in [0, 0.1) is 0 Å². The first-order valence-electron chi connectivity index (χ1n) is 8.79. The Kier molecular flexibility index (Phi) is 5.75. The van der Waals surface area contributed by atoms with Gasteiger partial charge in [0.2, 0.25) is 5.76 Å². The smallest absolute Gasteiger partial charge is 0.335 e. The summed E-state index contributed by atoms with van der Waals surface area (Å²) < 4.78 is 16.5. The minimum Gasteiger partial charge on any atom is -0.486 e. The van der Waals surface area contributed by atoms with Crippen molar-refractivity contribution in [3.05, 3.63) is 47.3 Å². The van der Waals surface area contributed by atoms with Gasteiger partial charge in [0.05, 0.1) is 23.9 Å². The van der Waals surface area contributed by atoms with E-state index in [4.69, 9.17) is 19.1 Å². The molecule has 2 heterocycles. The van der Waals surface area contributed by atoms with E-state index in [1.54, 1.807) is 18.2 Å². The highest BCUT2D eigenvalue weighted by atomic mass is 16.5. The molecule has 1 amide bonds. The molecule has 0 spiro atoms. The minimum atomic E-state index is -1.000. The molecule has 8 heteroatoms. The summed E-state index contributed by atoms with van der Waals surface area (Å²) in [5, 5.41) is 15.8. The fraction of sp³-hybridized carbons (Fsp3) is 0.421. The van der Waals surface area contributed by atoms with Crippen LogP contribution in [0.4, 0.5) is 0 Å². The van der Waals surface area contributed by atoms with Crippen molar-refractivity contribution in [1.29, 1.82) is 0 Å². The number of carboxylic acids is 1. The highest BCUT2D eigenvalue weighted by Crippen LogP contribution is 2.20. The largest absolute Gasteiger partial charge is 0.486 e. The highest BCUT2D eigenvalue weighted by molar-refractivity contribution is 5.91. The van der Waals surface area contributed by atoms with E-state index in [9.17, 15) is 9.59 Å². The first-order chi connectivity index (χ1) is 12.9. The van der Waals surface area contributed by atoms with E-state index in [2.05, 4.69) is 10.5 Å². The van der Waals surface area contributed by atoms with Gasteiger partial charge >= 0.3 is 5.97 Å². The molecule has 27 heavy (non-hydrogen) atoms. The van der Waals surface area contributed by atoms with Gasteiger partial charge in [0.15, 0.2) is 0 Å². The van der Waals surface area contributed by atoms with Gasteiger partial charge in [-0.05, 0) is 36.6 Å². The average Bonchev–Trinajstić information content (AvgIpc) is 3.14. The van der Waals surface area contributed by atoms with Gasteiger partial charge < -0.3 is 24.4 Å². The number of carbonyl (C=O) groups excluding carboxylic acids is 1. The molecule has 2 aromatic rings. The molecule has 0 radical (unpaired) electrons. The summed E-state index contributed by atoms with van der Waals surface area (Å²) in [4.78, 5) is 23.4. The van der Waals surface area contributed by atoms with Gasteiger partial charge in [-0.1, -0.05) is 19.0 Å². The second kappa shape index (κ2) is 8.22. The van der Waals surface area contributed by atoms with Crippen molar-refractivity contribution in [2.24, 2.45) is 0 Å². The van der Waals surface area contributed by atoms with E-state index >= 15 is 0 Å². The molecule has 1 saturated heterocycles. The lowest BCUT2D eigenvalue weighted by atomic mass is 10.1. The number of ether oxygens (including phenoxy) is 2. The lowest BCUT2D eigenvalue weighted by Crippen LogP contribution is -2.51. The van der Waals surface area contributed by atoms with E-state index < -0.39 is 12.1 Å². The normalized spacial score (nSPS) is 19.7. The van der Waals surface area contributed by atoms with E-state index in [1.807, 2.05) is 13.8 Å². The van der Waals surface area contributed by atoms with Crippen LogP contribution in [0.15, 0.2) is 34.9 Å². The van der Waals surface area contributed by atoms with Crippen LogP contribution < -0.4 is 10.1 Å². The van der Waals surface area contributed by atoms with Crippen molar-refractivity contribution in [3.63, 3.8) is 0 Å². The number of aromatic nitrogens is 1. The molecule has 1 aliphatic heterocycles. The third-order valence-electron chi connectivity index (χ3n) is 4.35. The summed E-state index contributed by atoms with van der Waals surface area (Å²) in [5.74, 6) is -0.508. The first-order valence-corrected chi connectivity index (χ1v) is 8.79. The fourth-order valence-corrected chi connectivity index (χ4v) is 2.75. The minimum absolute atomic E-state index is 0.162. The number of carboxylic acid groups (broad SMARTS) is 1. The van der Waals surface area contributed by atoms with Crippen LogP contribution in [-0.4, -0.2) is 47.5 Å². The zero-order chi connectivity index (χ0) is 19.4. The molecule has 3 rings (SSSR count). The molecule has 0 bridgehead atoms. The summed E-state index contributed by atoms with van der Waals surface area (Å²) in [6.07, 6.45) is 0.195. The van der Waals surface area contributed by atoms with Crippen LogP contribution in [0.3, 0.4) is 0 Å². The summed E-state index contributed by atoms with van der Waals surface area (Å²) >= 11 is 0. The quantitative estimate of drug-likeness (QED) is 0.799. The second-order valence-electron chi connectivity index (χ2n) is 6.70. The number of carbonyl (C=O) groups is 2. The Morgan fingerprint density at radius 1 is 1.30 bits per heavy atom. The Bertz CT molecular complexity index is 799. The molecule has 8 nitrogen and oxygen atoms in total. The zero-order valence-corrected chi connectivity index (χ0v) is 15.2. The van der Waals surface area contributed by atoms with E-state index in [-0.39, 0.29) is 29.2 Å². The molecule has 0 saturated carbocycles. The lowest BCUT2D eigenvalue weighted by molar-refractivity contribution is -0.0138. The predicted octanol–water partition coefficient (Wildman–Crippen LogP) is 2.46. The Morgan fingerprint density at radius 2 is 2.04 bits per heavy atom. The van der Waals surface area contributed by atoms with Crippen molar-refractivity contribution >= 4 is 11.9 Å². The Balaban J connectivity index is 1.65. The molecular weight excluding hydrogens is 352 g/mol. The molecule has 2 N–H and O–H groups in total. The maximum atomic E-state index is 12.5. The summed E-state index contributed by atoms with van der Waals surface area (Å²) in [6, 6.07) is 7.48. The van der Waals surface area contributed by atoms with Crippen molar-refractivity contribution in [3.8, 4) is 5.75 Å². The van der Waals surface area contributed by atoms with Crippen molar-refractivity contribution < 1.29 is 28.7 Å². The number of nitrogens with one attached hydrogen (secondary N) is 1. The van der Waals surface area contributed by atoms with Gasteiger partial charge in [-0.25, -0.2) is 4.79 Å². The number of benzene rings is 1. The molecule has 0 unspecified atom stereocenters. The average molecular weight is 374 g/mol. The number of nitrogens with zero attached hydrogens (tertiary/aromatic N) is 1. The Morgan fingerprint density at radius 3 is 2.67 bits per heavy atom. The van der Waals surface area contributed by atoms with Crippen LogP contribution in [0.2, 0.25) is 0 Å². The van der Waals surface area contributed by atoms with Gasteiger partial charge in [-0.2, -0.15) is 0 Å². The molecule has 1 aromatic carbocycles. The van der Waals surface area contributed by atoms with E-state index in [0.29, 0.717) is 25.4 Å². The van der Waals surface area contributed by atoms with Crippen LogP contribution >= 0.6 is 0 Å². The van der Waals surface area contributed by atoms with E-state index in [1.165, 1.54) is 12.1 Å². The summed E-state index contributed by atoms with van der Waals surface area (Å²) in [6.45, 7) is 4.77. The maximum absolute atomic E-state index is 12.5. The molecule has 1 fully saturated rings. The number of rotatable bonds is 6. The van der Waals surface area contributed by atoms with Crippen molar-refractivity contribution in [2.45, 2.75) is 38.3 Å². The van der Waals surface area contributed by atoms with Gasteiger partial charge in [0.25, 0.3) is 5.91 Å². The van der Waals surface area contributed by atoms with Gasteiger partial charge in [0, 0.05) is 12.7 Å². The topological polar surface area (TPSA) is 111 Å². The number of hydrogen-bond donors (Lipinski definition) is 2. The van der Waals surface area contributed by atoms with Gasteiger partial charge in [-0.15, -0.1) is 0 Å². The third kappa shape index (κ3) is 4.65. The standard InChI is InChI=1S/C19H22N2O6/c1-11(2)15-9-16(27-21-15)18(22)20-14-7-8-25-10-17(14)26-13-5-3-12(4-6-13)19(23)24/h3-6,9,11,14,17H,7-8,10H2,1-2H3,(H,20,22)(H,23,24)/t14-,17-/m1/s1. The zero-order valence-electron chi connectivity index (χ0n) is 15.2. The fourth-order valence-electron chi connectivity index (χ4n) is 2.75. The predicted molar refractivity (Wildman–Crippen MR) is 95.1 cm³/mol. The second-order valence-corrected chi connectivity index (χ2v) is 6.70. The van der Waals surface area contributed by atoms with Gasteiger partial charge in [-0.3, -0.25) is 4.79 Å². The Labute approximate surface area is 156 Å². The third-order valence-corrected chi connectivity index (χ3v) is 4.35. The number of amides is 1. The van der Waals surface area contributed by atoms with Crippen LogP contribution in [-0.2, 0) is 4.74 Å². The SMILES string of the molecule is CC(C)c1cc(C(=O)N[C@@H]2CCOC[C@H]2Oc2ccc(C(=O)O)cc2)on1. The molecular formula is C19H22N2O6. The maximum Gasteiger partial charge on any atom is 0.335 e. The number of hydrogen-bond acceptors (Lipinski definition) is 6. The van der Waals surface area contributed by atoms with Gasteiger partial charge in [0.1, 0.15) is 11.9 Å². The van der Waals surface area contributed by atoms with Crippen molar-refractivity contribution in [1.82, 2.24) is 10.5 Å². The van der Waals surface area contributed by atoms with Crippen molar-refractivity contribution in [2.75, 3.05) is 13.2 Å². The summed E-state index contributed by atoms with van der Waals surface area (Å²) in [5.41, 5.74) is 0.900. The summed E-state index contributed by atoms with van der Waals surface area (Å²) in [7, 11) is 0. The molecule has 2 atom stereocenters. The van der Waals surface area contributed by atoms with Crippen LogP contribution in [0.25, 0.3) is 0 Å². The van der Waals surface area contributed by atoms with E-state index in [0.717, 1.165) is 5.69 Å². The Hall–Kier alpha value is -2.87. The molecule has 0 aliphatic carbocycles. The molecule has 1 aromatic heterocycles. The number of aromatic carboxylic acids is 1.